The SMILES string of the molecule is C=C(C)CN(c1ccccc1C(=C)c1ccc(F)cc1)S(=O)(=O)c1ccc(C)cc1. The molecular formula is C25H24FNO2S. The zero-order valence-electron chi connectivity index (χ0n) is 17.1. The fourth-order valence-corrected chi connectivity index (χ4v) is 4.68. The lowest BCUT2D eigenvalue weighted by Gasteiger charge is -2.27. The van der Waals surface area contributed by atoms with Crippen LogP contribution in [0.2, 0.25) is 0 Å². The van der Waals surface area contributed by atoms with Crippen LogP contribution < -0.4 is 4.31 Å². The van der Waals surface area contributed by atoms with Crippen LogP contribution in [0.25, 0.3) is 5.57 Å². The molecule has 0 atom stereocenters. The van der Waals surface area contributed by atoms with E-state index in [1.165, 1.54) is 16.4 Å². The predicted octanol–water partition coefficient (Wildman–Crippen LogP) is 5.97. The zero-order chi connectivity index (χ0) is 21.9. The second kappa shape index (κ2) is 8.67. The third-order valence-electron chi connectivity index (χ3n) is 4.71. The number of anilines is 1. The van der Waals surface area contributed by atoms with Gasteiger partial charge in [0, 0.05) is 5.56 Å². The van der Waals surface area contributed by atoms with Gasteiger partial charge in [0.2, 0.25) is 0 Å². The number of rotatable bonds is 7. The summed E-state index contributed by atoms with van der Waals surface area (Å²) in [5, 5.41) is 0. The molecule has 0 unspecified atom stereocenters. The minimum Gasteiger partial charge on any atom is -0.262 e. The molecule has 154 valence electrons. The summed E-state index contributed by atoms with van der Waals surface area (Å²) < 4.78 is 41.8. The third-order valence-corrected chi connectivity index (χ3v) is 6.49. The Bertz CT molecular complexity index is 1180. The van der Waals surface area contributed by atoms with Gasteiger partial charge in [-0.1, -0.05) is 66.8 Å². The monoisotopic (exact) mass is 421 g/mol. The van der Waals surface area contributed by atoms with E-state index in [4.69, 9.17) is 0 Å². The molecule has 0 aliphatic heterocycles. The Kier molecular flexibility index (Phi) is 6.22. The first kappa shape index (κ1) is 21.5. The lowest BCUT2D eigenvalue weighted by molar-refractivity contribution is 0.592. The molecule has 0 N–H and O–H groups in total. The normalized spacial score (nSPS) is 11.2. The van der Waals surface area contributed by atoms with E-state index in [-0.39, 0.29) is 17.3 Å². The van der Waals surface area contributed by atoms with Gasteiger partial charge < -0.3 is 0 Å². The van der Waals surface area contributed by atoms with E-state index in [1.807, 2.05) is 19.1 Å². The van der Waals surface area contributed by atoms with E-state index >= 15 is 0 Å². The van der Waals surface area contributed by atoms with Gasteiger partial charge >= 0.3 is 0 Å². The van der Waals surface area contributed by atoms with Crippen molar-refractivity contribution in [3.63, 3.8) is 0 Å². The minimum atomic E-state index is -3.84. The highest BCUT2D eigenvalue weighted by molar-refractivity contribution is 7.92. The maximum atomic E-state index is 13.5. The Morgan fingerprint density at radius 3 is 2.13 bits per heavy atom. The van der Waals surface area contributed by atoms with Crippen molar-refractivity contribution in [2.45, 2.75) is 18.7 Å². The number of hydrogen-bond donors (Lipinski definition) is 0. The Hall–Kier alpha value is -3.18. The van der Waals surface area contributed by atoms with Crippen molar-refractivity contribution in [2.75, 3.05) is 10.8 Å². The first-order valence-corrected chi connectivity index (χ1v) is 10.9. The van der Waals surface area contributed by atoms with E-state index in [2.05, 4.69) is 13.2 Å². The zero-order valence-corrected chi connectivity index (χ0v) is 17.9. The molecule has 0 spiro atoms. The average molecular weight is 422 g/mol. The number of sulfonamides is 1. The molecule has 5 heteroatoms. The standard InChI is InChI=1S/C25H24FNO2S/c1-18(2)17-27(30(28,29)23-15-9-19(3)10-16-23)25-8-6-5-7-24(25)20(4)21-11-13-22(26)14-12-21/h5-16H,1,4,17H2,2-3H3. The van der Waals surface area contributed by atoms with Crippen LogP contribution in [0.5, 0.6) is 0 Å². The Balaban J connectivity index is 2.14. The van der Waals surface area contributed by atoms with Gasteiger partial charge in [-0.25, -0.2) is 12.8 Å². The summed E-state index contributed by atoms with van der Waals surface area (Å²) in [6, 6.07) is 19.9. The topological polar surface area (TPSA) is 37.4 Å². The highest BCUT2D eigenvalue weighted by atomic mass is 32.2. The predicted molar refractivity (Wildman–Crippen MR) is 122 cm³/mol. The van der Waals surface area contributed by atoms with Crippen molar-refractivity contribution >= 4 is 21.3 Å². The van der Waals surface area contributed by atoms with Gasteiger partial charge in [-0.2, -0.15) is 0 Å². The summed E-state index contributed by atoms with van der Waals surface area (Å²) in [5.74, 6) is -0.342. The van der Waals surface area contributed by atoms with Gasteiger partial charge in [0.1, 0.15) is 5.82 Å². The van der Waals surface area contributed by atoms with Crippen molar-refractivity contribution in [1.82, 2.24) is 0 Å². The molecule has 0 radical (unpaired) electrons. The number of aryl methyl sites for hydroxylation is 1. The van der Waals surface area contributed by atoms with Crippen LogP contribution in [-0.4, -0.2) is 15.0 Å². The lowest BCUT2D eigenvalue weighted by atomic mass is 9.98. The number of halogens is 1. The van der Waals surface area contributed by atoms with Gasteiger partial charge in [0.15, 0.2) is 0 Å². The van der Waals surface area contributed by atoms with Gasteiger partial charge in [0.25, 0.3) is 10.0 Å². The molecule has 0 aliphatic carbocycles. The molecule has 30 heavy (non-hydrogen) atoms. The Morgan fingerprint density at radius 1 is 0.933 bits per heavy atom. The van der Waals surface area contributed by atoms with Gasteiger partial charge in [-0.05, 0) is 55.3 Å². The van der Waals surface area contributed by atoms with Gasteiger partial charge in [-0.15, -0.1) is 0 Å². The maximum Gasteiger partial charge on any atom is 0.264 e. The van der Waals surface area contributed by atoms with E-state index in [0.717, 1.165) is 5.56 Å². The minimum absolute atomic E-state index is 0.129. The van der Waals surface area contributed by atoms with Crippen LogP contribution in [0.4, 0.5) is 10.1 Å². The van der Waals surface area contributed by atoms with Crippen molar-refractivity contribution in [1.29, 1.82) is 0 Å². The number of benzene rings is 3. The fourth-order valence-electron chi connectivity index (χ4n) is 3.14. The molecule has 0 aliphatic rings. The summed E-state index contributed by atoms with van der Waals surface area (Å²) in [6.45, 7) is 11.9. The van der Waals surface area contributed by atoms with E-state index in [0.29, 0.717) is 28.0 Å². The van der Waals surface area contributed by atoms with Crippen LogP contribution in [-0.2, 0) is 10.0 Å². The quantitative estimate of drug-likeness (QED) is 0.441. The average Bonchev–Trinajstić information content (AvgIpc) is 2.72. The van der Waals surface area contributed by atoms with Crippen LogP contribution in [0.15, 0.2) is 96.4 Å². The number of hydrogen-bond acceptors (Lipinski definition) is 2. The molecule has 0 heterocycles. The molecule has 0 aromatic heterocycles. The molecule has 0 bridgehead atoms. The first-order valence-electron chi connectivity index (χ1n) is 9.48. The van der Waals surface area contributed by atoms with Crippen molar-refractivity contribution in [3.8, 4) is 0 Å². The summed E-state index contributed by atoms with van der Waals surface area (Å²) >= 11 is 0. The Morgan fingerprint density at radius 2 is 1.53 bits per heavy atom. The van der Waals surface area contributed by atoms with E-state index in [9.17, 15) is 12.8 Å². The largest absolute Gasteiger partial charge is 0.264 e. The summed E-state index contributed by atoms with van der Waals surface area (Å²) in [7, 11) is -3.84. The van der Waals surface area contributed by atoms with Crippen LogP contribution in [0.1, 0.15) is 23.6 Å². The second-order valence-electron chi connectivity index (χ2n) is 7.28. The van der Waals surface area contributed by atoms with Crippen molar-refractivity contribution in [3.05, 3.63) is 114 Å². The van der Waals surface area contributed by atoms with Crippen molar-refractivity contribution in [2.24, 2.45) is 0 Å². The van der Waals surface area contributed by atoms with Crippen LogP contribution in [0, 0.1) is 12.7 Å². The molecule has 0 saturated carbocycles. The van der Waals surface area contributed by atoms with Gasteiger partial charge in [-0.3, -0.25) is 4.31 Å². The number of nitrogens with zero attached hydrogens (tertiary/aromatic N) is 1. The van der Waals surface area contributed by atoms with E-state index in [1.54, 1.807) is 55.5 Å². The van der Waals surface area contributed by atoms with Gasteiger partial charge in [0.05, 0.1) is 17.1 Å². The molecule has 3 rings (SSSR count). The smallest absolute Gasteiger partial charge is 0.262 e. The molecule has 0 fully saturated rings. The maximum absolute atomic E-state index is 13.5. The Labute approximate surface area is 177 Å². The molecule has 0 saturated heterocycles. The van der Waals surface area contributed by atoms with E-state index < -0.39 is 10.0 Å². The van der Waals surface area contributed by atoms with Crippen LogP contribution >= 0.6 is 0 Å². The molecular weight excluding hydrogens is 397 g/mol. The highest BCUT2D eigenvalue weighted by Gasteiger charge is 2.27. The van der Waals surface area contributed by atoms with Crippen LogP contribution in [0.3, 0.4) is 0 Å². The highest BCUT2D eigenvalue weighted by Crippen LogP contribution is 2.34. The summed E-state index contributed by atoms with van der Waals surface area (Å²) in [6.07, 6.45) is 0. The molecule has 3 nitrogen and oxygen atoms in total. The lowest BCUT2D eigenvalue weighted by Crippen LogP contribution is -2.33. The van der Waals surface area contributed by atoms with Crippen molar-refractivity contribution < 1.29 is 12.8 Å². The summed E-state index contributed by atoms with van der Waals surface area (Å²) in [5.41, 5.74) is 4.15. The summed E-state index contributed by atoms with van der Waals surface area (Å²) in [4.78, 5) is 0.205. The fraction of sp³-hybridized carbons (Fsp3) is 0.120. The third kappa shape index (κ3) is 4.52. The first-order chi connectivity index (χ1) is 14.2. The molecule has 3 aromatic carbocycles. The number of para-hydroxylation sites is 1. The second-order valence-corrected chi connectivity index (χ2v) is 9.15. The molecule has 0 amide bonds. The molecule has 3 aromatic rings.